The molecule has 0 bridgehead atoms. The van der Waals surface area contributed by atoms with Gasteiger partial charge in [0, 0.05) is 31.9 Å². The Balaban J connectivity index is 1.81. The lowest BCUT2D eigenvalue weighted by Crippen LogP contribution is -2.25. The molecule has 2 N–H and O–H groups in total. The SMILES string of the molecule is O=c1ccccn1CCNCc1cccc(CO)c1. The highest BCUT2D eigenvalue weighted by molar-refractivity contribution is 5.22. The van der Waals surface area contributed by atoms with E-state index in [9.17, 15) is 4.79 Å². The fraction of sp³-hybridized carbons (Fsp3) is 0.267. The van der Waals surface area contributed by atoms with Crippen LogP contribution in [0.1, 0.15) is 11.1 Å². The third-order valence-corrected chi connectivity index (χ3v) is 2.93. The van der Waals surface area contributed by atoms with Crippen molar-refractivity contribution in [3.8, 4) is 0 Å². The van der Waals surface area contributed by atoms with E-state index < -0.39 is 0 Å². The van der Waals surface area contributed by atoms with E-state index in [1.807, 2.05) is 30.3 Å². The van der Waals surface area contributed by atoms with E-state index >= 15 is 0 Å². The van der Waals surface area contributed by atoms with Gasteiger partial charge in [0.2, 0.25) is 0 Å². The Hall–Kier alpha value is -1.91. The van der Waals surface area contributed by atoms with Crippen molar-refractivity contribution in [2.45, 2.75) is 19.7 Å². The van der Waals surface area contributed by atoms with Crippen LogP contribution in [-0.2, 0) is 19.7 Å². The molecule has 100 valence electrons. The maximum Gasteiger partial charge on any atom is 0.250 e. The zero-order chi connectivity index (χ0) is 13.5. The first kappa shape index (κ1) is 13.5. The van der Waals surface area contributed by atoms with Crippen LogP contribution in [-0.4, -0.2) is 16.2 Å². The van der Waals surface area contributed by atoms with Gasteiger partial charge in [-0.3, -0.25) is 4.79 Å². The Labute approximate surface area is 112 Å². The fourth-order valence-corrected chi connectivity index (χ4v) is 1.92. The summed E-state index contributed by atoms with van der Waals surface area (Å²) in [5, 5.41) is 12.3. The Bertz CT molecular complexity index is 578. The largest absolute Gasteiger partial charge is 0.392 e. The first-order valence-corrected chi connectivity index (χ1v) is 6.34. The van der Waals surface area contributed by atoms with Crippen LogP contribution in [0.2, 0.25) is 0 Å². The van der Waals surface area contributed by atoms with Crippen molar-refractivity contribution in [1.82, 2.24) is 9.88 Å². The van der Waals surface area contributed by atoms with E-state index in [4.69, 9.17) is 5.11 Å². The van der Waals surface area contributed by atoms with Gasteiger partial charge in [0.25, 0.3) is 5.56 Å². The summed E-state index contributed by atoms with van der Waals surface area (Å²) in [6.45, 7) is 2.18. The molecule has 0 amide bonds. The van der Waals surface area contributed by atoms with Crippen LogP contribution in [0.15, 0.2) is 53.5 Å². The molecule has 0 aliphatic heterocycles. The zero-order valence-corrected chi connectivity index (χ0v) is 10.7. The molecule has 1 aromatic carbocycles. The lowest BCUT2D eigenvalue weighted by atomic mass is 10.1. The quantitative estimate of drug-likeness (QED) is 0.764. The molecule has 0 radical (unpaired) electrons. The molecular weight excluding hydrogens is 240 g/mol. The lowest BCUT2D eigenvalue weighted by molar-refractivity contribution is 0.281. The number of hydrogen-bond donors (Lipinski definition) is 2. The molecule has 19 heavy (non-hydrogen) atoms. The van der Waals surface area contributed by atoms with Crippen LogP contribution in [0.25, 0.3) is 0 Å². The van der Waals surface area contributed by atoms with Gasteiger partial charge in [0.05, 0.1) is 6.61 Å². The number of rotatable bonds is 6. The molecule has 0 aliphatic carbocycles. The summed E-state index contributed by atoms with van der Waals surface area (Å²) >= 11 is 0. The fourth-order valence-electron chi connectivity index (χ4n) is 1.92. The summed E-state index contributed by atoms with van der Waals surface area (Å²) in [4.78, 5) is 11.5. The summed E-state index contributed by atoms with van der Waals surface area (Å²) in [5.74, 6) is 0. The van der Waals surface area contributed by atoms with E-state index in [0.29, 0.717) is 6.54 Å². The molecule has 2 rings (SSSR count). The van der Waals surface area contributed by atoms with Gasteiger partial charge in [-0.15, -0.1) is 0 Å². The maximum absolute atomic E-state index is 11.5. The molecule has 0 spiro atoms. The molecule has 1 heterocycles. The van der Waals surface area contributed by atoms with Crippen molar-refractivity contribution in [3.05, 3.63) is 70.1 Å². The smallest absolute Gasteiger partial charge is 0.250 e. The summed E-state index contributed by atoms with van der Waals surface area (Å²) in [7, 11) is 0. The first-order valence-electron chi connectivity index (χ1n) is 6.34. The Morgan fingerprint density at radius 1 is 1.11 bits per heavy atom. The van der Waals surface area contributed by atoms with Crippen LogP contribution in [0.5, 0.6) is 0 Å². The van der Waals surface area contributed by atoms with Crippen LogP contribution in [0, 0.1) is 0 Å². The molecular formula is C15H18N2O2. The number of aliphatic hydroxyl groups is 1. The minimum atomic E-state index is 0.0200. The van der Waals surface area contributed by atoms with Gasteiger partial charge in [-0.05, 0) is 17.2 Å². The molecule has 4 heteroatoms. The van der Waals surface area contributed by atoms with Gasteiger partial charge < -0.3 is 15.0 Å². The average Bonchev–Trinajstić information content (AvgIpc) is 2.45. The predicted molar refractivity (Wildman–Crippen MR) is 74.8 cm³/mol. The second kappa shape index (κ2) is 6.87. The second-order valence-electron chi connectivity index (χ2n) is 4.39. The van der Waals surface area contributed by atoms with Crippen molar-refractivity contribution in [1.29, 1.82) is 0 Å². The number of nitrogens with zero attached hydrogens (tertiary/aromatic N) is 1. The van der Waals surface area contributed by atoms with E-state index in [2.05, 4.69) is 5.32 Å². The third kappa shape index (κ3) is 4.05. The van der Waals surface area contributed by atoms with Crippen molar-refractivity contribution < 1.29 is 5.11 Å². The predicted octanol–water partition coefficient (Wildman–Crippen LogP) is 1.13. The third-order valence-electron chi connectivity index (χ3n) is 2.93. The van der Waals surface area contributed by atoms with Crippen LogP contribution in [0.3, 0.4) is 0 Å². The van der Waals surface area contributed by atoms with E-state index in [0.717, 1.165) is 24.2 Å². The molecule has 0 atom stereocenters. The monoisotopic (exact) mass is 258 g/mol. The molecule has 0 fully saturated rings. The molecule has 0 unspecified atom stereocenters. The minimum absolute atomic E-state index is 0.0200. The minimum Gasteiger partial charge on any atom is -0.392 e. The summed E-state index contributed by atoms with van der Waals surface area (Å²) in [5.41, 5.74) is 2.07. The number of nitrogens with one attached hydrogen (secondary N) is 1. The van der Waals surface area contributed by atoms with Gasteiger partial charge in [-0.2, -0.15) is 0 Å². The summed E-state index contributed by atoms with van der Waals surface area (Å²) in [6.07, 6.45) is 1.79. The van der Waals surface area contributed by atoms with Crippen molar-refractivity contribution >= 4 is 0 Å². The van der Waals surface area contributed by atoms with Gasteiger partial charge in [0.15, 0.2) is 0 Å². The standard InChI is InChI=1S/C15H18N2O2/c18-12-14-5-3-4-13(10-14)11-16-7-9-17-8-2-1-6-15(17)19/h1-6,8,10,16,18H,7,9,11-12H2. The number of aliphatic hydroxyl groups excluding tert-OH is 1. The number of hydrogen-bond acceptors (Lipinski definition) is 3. The first-order chi connectivity index (χ1) is 9.29. The number of pyridine rings is 1. The van der Waals surface area contributed by atoms with E-state index in [-0.39, 0.29) is 12.2 Å². The van der Waals surface area contributed by atoms with E-state index in [1.54, 1.807) is 22.9 Å². The summed E-state index contributed by atoms with van der Waals surface area (Å²) in [6, 6.07) is 13.0. The highest BCUT2D eigenvalue weighted by Gasteiger charge is 1.96. The van der Waals surface area contributed by atoms with Gasteiger partial charge in [-0.25, -0.2) is 0 Å². The Morgan fingerprint density at radius 2 is 1.95 bits per heavy atom. The highest BCUT2D eigenvalue weighted by atomic mass is 16.3. The average molecular weight is 258 g/mol. The Morgan fingerprint density at radius 3 is 2.74 bits per heavy atom. The lowest BCUT2D eigenvalue weighted by Gasteiger charge is -2.08. The van der Waals surface area contributed by atoms with Crippen molar-refractivity contribution in [3.63, 3.8) is 0 Å². The normalized spacial score (nSPS) is 10.6. The van der Waals surface area contributed by atoms with Crippen molar-refractivity contribution in [2.24, 2.45) is 0 Å². The molecule has 2 aromatic rings. The summed E-state index contributed by atoms with van der Waals surface area (Å²) < 4.78 is 1.68. The van der Waals surface area contributed by atoms with Crippen molar-refractivity contribution in [2.75, 3.05) is 6.54 Å². The van der Waals surface area contributed by atoms with Gasteiger partial charge in [0.1, 0.15) is 0 Å². The molecule has 0 aliphatic rings. The molecule has 4 nitrogen and oxygen atoms in total. The van der Waals surface area contributed by atoms with Gasteiger partial charge in [-0.1, -0.05) is 30.3 Å². The molecule has 1 aromatic heterocycles. The topological polar surface area (TPSA) is 54.3 Å². The zero-order valence-electron chi connectivity index (χ0n) is 10.7. The molecule has 0 saturated heterocycles. The molecule has 0 saturated carbocycles. The Kier molecular flexibility index (Phi) is 4.89. The highest BCUT2D eigenvalue weighted by Crippen LogP contribution is 2.04. The van der Waals surface area contributed by atoms with Crippen LogP contribution < -0.4 is 10.9 Å². The van der Waals surface area contributed by atoms with Crippen LogP contribution >= 0.6 is 0 Å². The second-order valence-corrected chi connectivity index (χ2v) is 4.39. The van der Waals surface area contributed by atoms with E-state index in [1.165, 1.54) is 0 Å². The maximum atomic E-state index is 11.5. The number of benzene rings is 1. The van der Waals surface area contributed by atoms with Gasteiger partial charge >= 0.3 is 0 Å². The van der Waals surface area contributed by atoms with Crippen LogP contribution in [0.4, 0.5) is 0 Å². The number of aromatic nitrogens is 1.